The Hall–Kier alpha value is -1.96. The smallest absolute Gasteiger partial charge is 0.356 e. The lowest BCUT2D eigenvalue weighted by atomic mass is 10.3. The first-order valence-corrected chi connectivity index (χ1v) is 6.41. The monoisotopic (exact) mass is 285 g/mol. The number of aromatic nitrogens is 1. The Morgan fingerprint density at radius 2 is 2.00 bits per heavy atom. The molecular weight excluding hydrogens is 270 g/mol. The molecule has 1 aromatic heterocycles. The summed E-state index contributed by atoms with van der Waals surface area (Å²) in [5.41, 5.74) is -0.288. The standard InChI is InChI=1S/C11H15N3O4S/c1-5(2)13-7(16)4-12-11-14-8(10(17)18)9(19-11)6(3)15/h5H,4H2,1-3H3,(H,12,14)(H,13,16)(H,17,18). The van der Waals surface area contributed by atoms with Gasteiger partial charge < -0.3 is 15.7 Å². The van der Waals surface area contributed by atoms with Gasteiger partial charge in [0.25, 0.3) is 0 Å². The minimum absolute atomic E-state index is 0.0213. The van der Waals surface area contributed by atoms with E-state index in [9.17, 15) is 14.4 Å². The first-order valence-electron chi connectivity index (χ1n) is 5.59. The molecule has 0 saturated carbocycles. The molecule has 0 atom stereocenters. The second-order valence-electron chi connectivity index (χ2n) is 4.13. The highest BCUT2D eigenvalue weighted by atomic mass is 32.1. The van der Waals surface area contributed by atoms with E-state index < -0.39 is 5.97 Å². The highest BCUT2D eigenvalue weighted by Crippen LogP contribution is 2.23. The van der Waals surface area contributed by atoms with E-state index in [0.29, 0.717) is 0 Å². The molecule has 0 aliphatic carbocycles. The molecule has 0 aliphatic rings. The van der Waals surface area contributed by atoms with Crippen molar-refractivity contribution in [1.29, 1.82) is 0 Å². The van der Waals surface area contributed by atoms with Gasteiger partial charge >= 0.3 is 5.97 Å². The number of nitrogens with zero attached hydrogens (tertiary/aromatic N) is 1. The van der Waals surface area contributed by atoms with Crippen LogP contribution in [0.25, 0.3) is 0 Å². The SMILES string of the molecule is CC(=O)c1sc(NCC(=O)NC(C)C)nc1C(=O)O. The molecular formula is C11H15N3O4S. The summed E-state index contributed by atoms with van der Waals surface area (Å²) >= 11 is 0.924. The van der Waals surface area contributed by atoms with E-state index >= 15 is 0 Å². The molecule has 0 unspecified atom stereocenters. The van der Waals surface area contributed by atoms with Crippen molar-refractivity contribution in [1.82, 2.24) is 10.3 Å². The molecule has 1 amide bonds. The van der Waals surface area contributed by atoms with Gasteiger partial charge in [-0.1, -0.05) is 11.3 Å². The van der Waals surface area contributed by atoms with Crippen LogP contribution in [-0.4, -0.2) is 40.3 Å². The molecule has 1 aromatic rings. The van der Waals surface area contributed by atoms with Crippen molar-refractivity contribution < 1.29 is 19.5 Å². The summed E-state index contributed by atoms with van der Waals surface area (Å²) in [5.74, 6) is -1.86. The van der Waals surface area contributed by atoms with Crippen molar-refractivity contribution >= 4 is 34.1 Å². The number of aromatic carboxylic acids is 1. The van der Waals surface area contributed by atoms with E-state index in [1.807, 2.05) is 13.8 Å². The summed E-state index contributed by atoms with van der Waals surface area (Å²) in [4.78, 5) is 37.4. The lowest BCUT2D eigenvalue weighted by Gasteiger charge is -2.08. The molecule has 0 fully saturated rings. The first kappa shape index (κ1) is 15.1. The maximum absolute atomic E-state index is 11.4. The molecule has 0 bridgehead atoms. The third-order valence-corrected chi connectivity index (χ3v) is 3.11. The Balaban J connectivity index is 2.75. The van der Waals surface area contributed by atoms with Crippen LogP contribution in [0.3, 0.4) is 0 Å². The van der Waals surface area contributed by atoms with Gasteiger partial charge in [0.2, 0.25) is 5.91 Å². The Labute approximate surface area is 114 Å². The van der Waals surface area contributed by atoms with E-state index in [-0.39, 0.29) is 40.0 Å². The van der Waals surface area contributed by atoms with E-state index in [2.05, 4.69) is 15.6 Å². The number of ketones is 1. The second kappa shape index (κ2) is 6.28. The van der Waals surface area contributed by atoms with Crippen LogP contribution < -0.4 is 10.6 Å². The van der Waals surface area contributed by atoms with E-state index in [1.54, 1.807) is 0 Å². The topological polar surface area (TPSA) is 108 Å². The predicted octanol–water partition coefficient (Wildman–Crippen LogP) is 0.980. The summed E-state index contributed by atoms with van der Waals surface area (Å²) in [6.07, 6.45) is 0. The Morgan fingerprint density at radius 1 is 1.37 bits per heavy atom. The third-order valence-electron chi connectivity index (χ3n) is 2.00. The van der Waals surface area contributed by atoms with Crippen LogP contribution >= 0.6 is 11.3 Å². The Bertz CT molecular complexity index is 479. The number of Topliss-reactive ketones (excluding diaryl/α,β-unsaturated/α-hetero) is 1. The van der Waals surface area contributed by atoms with Crippen molar-refractivity contribution in [3.8, 4) is 0 Å². The third kappa shape index (κ3) is 4.32. The predicted molar refractivity (Wildman–Crippen MR) is 70.8 cm³/mol. The first-order chi connectivity index (χ1) is 8.81. The molecule has 19 heavy (non-hydrogen) atoms. The highest BCUT2D eigenvalue weighted by Gasteiger charge is 2.20. The number of carboxylic acid groups (broad SMARTS) is 1. The molecule has 0 aliphatic heterocycles. The van der Waals surface area contributed by atoms with Gasteiger partial charge in [0.15, 0.2) is 16.6 Å². The summed E-state index contributed by atoms with van der Waals surface area (Å²) in [6, 6.07) is 0.0213. The fourth-order valence-electron chi connectivity index (χ4n) is 1.31. The molecule has 7 nitrogen and oxygen atoms in total. The number of carbonyl (C=O) groups excluding carboxylic acids is 2. The van der Waals surface area contributed by atoms with Gasteiger partial charge in [-0.15, -0.1) is 0 Å². The maximum Gasteiger partial charge on any atom is 0.356 e. The zero-order chi connectivity index (χ0) is 14.6. The van der Waals surface area contributed by atoms with E-state index in [4.69, 9.17) is 5.11 Å². The van der Waals surface area contributed by atoms with Crippen molar-refractivity contribution in [2.45, 2.75) is 26.8 Å². The highest BCUT2D eigenvalue weighted by molar-refractivity contribution is 7.17. The molecule has 0 spiro atoms. The minimum atomic E-state index is -1.26. The number of nitrogens with one attached hydrogen (secondary N) is 2. The quantitative estimate of drug-likeness (QED) is 0.672. The van der Waals surface area contributed by atoms with Crippen LogP contribution in [-0.2, 0) is 4.79 Å². The average Bonchev–Trinajstić information content (AvgIpc) is 2.69. The van der Waals surface area contributed by atoms with Crippen LogP contribution in [0.4, 0.5) is 5.13 Å². The normalized spacial score (nSPS) is 10.3. The van der Waals surface area contributed by atoms with Crippen molar-refractivity contribution in [2.75, 3.05) is 11.9 Å². The van der Waals surface area contributed by atoms with Gasteiger partial charge in [-0.05, 0) is 13.8 Å². The Kier molecular flexibility index (Phi) is 4.99. The van der Waals surface area contributed by atoms with Crippen LogP contribution in [0.5, 0.6) is 0 Å². The van der Waals surface area contributed by atoms with Crippen molar-refractivity contribution in [3.05, 3.63) is 10.6 Å². The van der Waals surface area contributed by atoms with Crippen LogP contribution in [0.2, 0.25) is 0 Å². The molecule has 1 rings (SSSR count). The van der Waals surface area contributed by atoms with E-state index in [0.717, 1.165) is 11.3 Å². The number of hydrogen-bond donors (Lipinski definition) is 3. The lowest BCUT2D eigenvalue weighted by molar-refractivity contribution is -0.119. The van der Waals surface area contributed by atoms with Crippen LogP contribution in [0, 0.1) is 0 Å². The fourth-order valence-corrected chi connectivity index (χ4v) is 2.16. The van der Waals surface area contributed by atoms with E-state index in [1.165, 1.54) is 6.92 Å². The van der Waals surface area contributed by atoms with Crippen LogP contribution in [0.15, 0.2) is 0 Å². The second-order valence-corrected chi connectivity index (χ2v) is 5.13. The molecule has 104 valence electrons. The molecule has 3 N–H and O–H groups in total. The maximum atomic E-state index is 11.4. The number of carbonyl (C=O) groups is 3. The zero-order valence-corrected chi connectivity index (χ0v) is 11.6. The molecule has 0 radical (unpaired) electrons. The van der Waals surface area contributed by atoms with Gasteiger partial charge in [-0.2, -0.15) is 0 Å². The Morgan fingerprint density at radius 3 is 2.42 bits per heavy atom. The summed E-state index contributed by atoms with van der Waals surface area (Å²) < 4.78 is 0. The number of carboxylic acids is 1. The number of anilines is 1. The van der Waals surface area contributed by atoms with Gasteiger partial charge in [-0.3, -0.25) is 9.59 Å². The molecule has 0 aromatic carbocycles. The van der Waals surface area contributed by atoms with Gasteiger partial charge in [0, 0.05) is 13.0 Å². The van der Waals surface area contributed by atoms with Gasteiger partial charge in [0.1, 0.15) is 4.88 Å². The number of amides is 1. The molecule has 1 heterocycles. The summed E-state index contributed by atoms with van der Waals surface area (Å²) in [7, 11) is 0. The molecule has 8 heteroatoms. The zero-order valence-electron chi connectivity index (χ0n) is 10.8. The number of rotatable bonds is 6. The summed E-state index contributed by atoms with van der Waals surface area (Å²) in [5, 5.41) is 14.5. The molecule has 0 saturated heterocycles. The van der Waals surface area contributed by atoms with Gasteiger partial charge in [0.05, 0.1) is 6.54 Å². The fraction of sp³-hybridized carbons (Fsp3) is 0.455. The number of thiazole rings is 1. The minimum Gasteiger partial charge on any atom is -0.476 e. The van der Waals surface area contributed by atoms with Crippen LogP contribution in [0.1, 0.15) is 40.9 Å². The lowest BCUT2D eigenvalue weighted by Crippen LogP contribution is -2.34. The van der Waals surface area contributed by atoms with Crippen molar-refractivity contribution in [3.63, 3.8) is 0 Å². The number of hydrogen-bond acceptors (Lipinski definition) is 6. The largest absolute Gasteiger partial charge is 0.476 e. The summed E-state index contributed by atoms with van der Waals surface area (Å²) in [6.45, 7) is 4.91. The van der Waals surface area contributed by atoms with Crippen molar-refractivity contribution in [2.24, 2.45) is 0 Å². The average molecular weight is 285 g/mol. The van der Waals surface area contributed by atoms with Gasteiger partial charge in [-0.25, -0.2) is 9.78 Å².